The van der Waals surface area contributed by atoms with E-state index >= 15 is 0 Å². The number of fused-ring (bicyclic) bond motifs is 1. The van der Waals surface area contributed by atoms with Crippen LogP contribution in [0.3, 0.4) is 0 Å². The number of hydrogen-bond acceptors (Lipinski definition) is 4. The third-order valence-corrected chi connectivity index (χ3v) is 5.44. The van der Waals surface area contributed by atoms with Crippen LogP contribution >= 0.6 is 7.60 Å². The lowest BCUT2D eigenvalue weighted by atomic mass is 9.90. The molecule has 0 amide bonds. The third-order valence-electron chi connectivity index (χ3n) is 3.16. The van der Waals surface area contributed by atoms with Crippen LogP contribution in [0.5, 0.6) is 0 Å². The van der Waals surface area contributed by atoms with Gasteiger partial charge >= 0.3 is 7.60 Å². The molecule has 4 nitrogen and oxygen atoms in total. The fraction of sp³-hybridized carbons (Fsp3) is 0.417. The van der Waals surface area contributed by atoms with E-state index in [1.54, 1.807) is 6.07 Å². The van der Waals surface area contributed by atoms with E-state index < -0.39 is 13.3 Å². The summed E-state index contributed by atoms with van der Waals surface area (Å²) in [4.78, 5) is 12.2. The van der Waals surface area contributed by atoms with Crippen molar-refractivity contribution in [1.29, 1.82) is 0 Å². The Morgan fingerprint density at radius 1 is 1.24 bits per heavy atom. The van der Waals surface area contributed by atoms with E-state index in [0.717, 1.165) is 12.0 Å². The maximum Gasteiger partial charge on any atom is 0.340 e. The molecule has 1 aromatic carbocycles. The number of ketones is 1. The molecule has 0 N–H and O–H groups in total. The monoisotopic (exact) mass is 254 g/mol. The molecule has 0 radical (unpaired) electrons. The van der Waals surface area contributed by atoms with Crippen LogP contribution in [0.25, 0.3) is 0 Å². The highest BCUT2D eigenvalue weighted by atomic mass is 31.2. The van der Waals surface area contributed by atoms with Gasteiger partial charge in [-0.25, -0.2) is 0 Å². The molecule has 1 aliphatic rings. The minimum absolute atomic E-state index is 0.140. The molecule has 1 aliphatic carbocycles. The summed E-state index contributed by atoms with van der Waals surface area (Å²) >= 11 is 0. The van der Waals surface area contributed by atoms with Crippen LogP contribution in [-0.4, -0.2) is 25.7 Å². The van der Waals surface area contributed by atoms with Crippen molar-refractivity contribution >= 4 is 13.4 Å². The van der Waals surface area contributed by atoms with Gasteiger partial charge < -0.3 is 9.05 Å². The Morgan fingerprint density at radius 2 is 1.88 bits per heavy atom. The minimum atomic E-state index is -3.32. The molecule has 5 heteroatoms. The largest absolute Gasteiger partial charge is 0.340 e. The zero-order chi connectivity index (χ0) is 12.5. The van der Waals surface area contributed by atoms with Gasteiger partial charge in [0.1, 0.15) is 5.66 Å². The number of carbonyl (C=O) groups is 1. The number of carbonyl (C=O) groups excluding carboxylic acids is 1. The molecule has 2 rings (SSSR count). The molecule has 0 saturated carbocycles. The molecule has 0 aliphatic heterocycles. The second-order valence-electron chi connectivity index (χ2n) is 3.98. The Kier molecular flexibility index (Phi) is 3.48. The number of Topliss-reactive ketones (excluding diaryl/α,β-unsaturated/α-hetero) is 1. The lowest BCUT2D eigenvalue weighted by Crippen LogP contribution is -2.28. The molecule has 92 valence electrons. The Hall–Kier alpha value is -0.960. The smallest absolute Gasteiger partial charge is 0.311 e. The molecule has 1 atom stereocenters. The zero-order valence-corrected chi connectivity index (χ0v) is 10.8. The molecule has 1 aromatic rings. The highest BCUT2D eigenvalue weighted by Crippen LogP contribution is 2.55. The van der Waals surface area contributed by atoms with Crippen LogP contribution < -0.4 is 0 Å². The van der Waals surface area contributed by atoms with E-state index in [9.17, 15) is 9.36 Å². The highest BCUT2D eigenvalue weighted by Gasteiger charge is 2.42. The first kappa shape index (κ1) is 12.5. The van der Waals surface area contributed by atoms with Crippen molar-refractivity contribution in [1.82, 2.24) is 0 Å². The van der Waals surface area contributed by atoms with Crippen molar-refractivity contribution in [3.8, 4) is 0 Å². The van der Waals surface area contributed by atoms with Gasteiger partial charge in [0.25, 0.3) is 0 Å². The van der Waals surface area contributed by atoms with Crippen LogP contribution in [0.15, 0.2) is 24.3 Å². The standard InChI is InChI=1S/C12H15O4P/c1-15-17(14,16-2)11-8-7-9-5-3-4-6-10(9)12(11)13/h3-6,11H,7-8H2,1-2H3. The SMILES string of the molecule is COP(=O)(OC)C1CCc2ccccc2C1=O. The van der Waals surface area contributed by atoms with Crippen molar-refractivity contribution in [2.75, 3.05) is 14.2 Å². The van der Waals surface area contributed by atoms with Gasteiger partial charge in [0.05, 0.1) is 0 Å². The van der Waals surface area contributed by atoms with Crippen LogP contribution in [0.2, 0.25) is 0 Å². The summed E-state index contributed by atoms with van der Waals surface area (Å²) in [5.41, 5.74) is 0.970. The maximum absolute atomic E-state index is 12.3. The molecule has 0 saturated heterocycles. The van der Waals surface area contributed by atoms with E-state index in [4.69, 9.17) is 9.05 Å². The zero-order valence-electron chi connectivity index (χ0n) is 9.88. The third kappa shape index (κ3) is 2.08. The van der Waals surface area contributed by atoms with Gasteiger partial charge in [-0.1, -0.05) is 24.3 Å². The Balaban J connectivity index is 2.38. The molecule has 0 fully saturated rings. The van der Waals surface area contributed by atoms with Crippen LogP contribution in [-0.2, 0) is 20.0 Å². The van der Waals surface area contributed by atoms with E-state index in [2.05, 4.69) is 0 Å². The first-order valence-corrected chi connectivity index (χ1v) is 7.07. The van der Waals surface area contributed by atoms with Crippen molar-refractivity contribution in [3.63, 3.8) is 0 Å². The average molecular weight is 254 g/mol. The van der Waals surface area contributed by atoms with Crippen LogP contribution in [0, 0.1) is 0 Å². The van der Waals surface area contributed by atoms with Crippen molar-refractivity contribution < 1.29 is 18.4 Å². The summed E-state index contributed by atoms with van der Waals surface area (Å²) in [7, 11) is -0.683. The van der Waals surface area contributed by atoms with Gasteiger partial charge in [-0.2, -0.15) is 0 Å². The van der Waals surface area contributed by atoms with Crippen LogP contribution in [0.4, 0.5) is 0 Å². The first-order valence-electron chi connectivity index (χ1n) is 5.45. The Labute approximate surface area is 100 Å². The van der Waals surface area contributed by atoms with Gasteiger partial charge in [0, 0.05) is 19.8 Å². The lowest BCUT2D eigenvalue weighted by molar-refractivity contribution is 0.0961. The molecule has 17 heavy (non-hydrogen) atoms. The Bertz CT molecular complexity index is 475. The van der Waals surface area contributed by atoms with Gasteiger partial charge in [-0.15, -0.1) is 0 Å². The van der Waals surface area contributed by atoms with Gasteiger partial charge in [0.15, 0.2) is 5.78 Å². The first-order chi connectivity index (χ1) is 8.12. The van der Waals surface area contributed by atoms with Crippen LogP contribution in [0.1, 0.15) is 22.3 Å². The van der Waals surface area contributed by atoms with Gasteiger partial charge in [-0.05, 0) is 18.4 Å². The molecule has 0 spiro atoms. The molecule has 1 unspecified atom stereocenters. The van der Waals surface area contributed by atoms with Gasteiger partial charge in [-0.3, -0.25) is 9.36 Å². The van der Waals surface area contributed by atoms with E-state index in [-0.39, 0.29) is 5.78 Å². The molecule has 0 bridgehead atoms. The summed E-state index contributed by atoms with van der Waals surface area (Å²) in [6.07, 6.45) is 1.23. The quantitative estimate of drug-likeness (QED) is 0.778. The second-order valence-corrected chi connectivity index (χ2v) is 6.41. The fourth-order valence-electron chi connectivity index (χ4n) is 2.21. The molecular weight excluding hydrogens is 239 g/mol. The van der Waals surface area contributed by atoms with Crippen molar-refractivity contribution in [2.24, 2.45) is 0 Å². The summed E-state index contributed by atoms with van der Waals surface area (Å²) < 4.78 is 22.1. The number of aryl methyl sites for hydroxylation is 1. The second kappa shape index (κ2) is 4.73. The topological polar surface area (TPSA) is 52.6 Å². The van der Waals surface area contributed by atoms with E-state index in [0.29, 0.717) is 12.0 Å². The highest BCUT2D eigenvalue weighted by molar-refractivity contribution is 7.55. The maximum atomic E-state index is 12.3. The molecule has 0 heterocycles. The normalized spacial score (nSPS) is 20.1. The predicted molar refractivity (Wildman–Crippen MR) is 64.5 cm³/mol. The van der Waals surface area contributed by atoms with Gasteiger partial charge in [0.2, 0.25) is 0 Å². The minimum Gasteiger partial charge on any atom is -0.311 e. The molecule has 0 aromatic heterocycles. The average Bonchev–Trinajstić information content (AvgIpc) is 2.38. The molecular formula is C12H15O4P. The summed E-state index contributed by atoms with van der Waals surface area (Å²) in [6, 6.07) is 7.40. The fourth-order valence-corrected chi connectivity index (χ4v) is 3.74. The van der Waals surface area contributed by atoms with Crippen molar-refractivity contribution in [2.45, 2.75) is 18.5 Å². The van der Waals surface area contributed by atoms with E-state index in [1.165, 1.54) is 14.2 Å². The number of rotatable bonds is 3. The predicted octanol–water partition coefficient (Wildman–Crippen LogP) is 2.67. The summed E-state index contributed by atoms with van der Waals surface area (Å²) in [5, 5.41) is 0. The number of hydrogen-bond donors (Lipinski definition) is 0. The lowest BCUT2D eigenvalue weighted by Gasteiger charge is -2.27. The van der Waals surface area contributed by atoms with Crippen molar-refractivity contribution in [3.05, 3.63) is 35.4 Å². The number of benzene rings is 1. The summed E-state index contributed by atoms with van der Waals surface area (Å²) in [6.45, 7) is 0. The summed E-state index contributed by atoms with van der Waals surface area (Å²) in [5.74, 6) is -0.140. The van der Waals surface area contributed by atoms with E-state index in [1.807, 2.05) is 18.2 Å². The Morgan fingerprint density at radius 3 is 2.53 bits per heavy atom.